The lowest BCUT2D eigenvalue weighted by Gasteiger charge is -2.20. The lowest BCUT2D eigenvalue weighted by Crippen LogP contribution is -2.34. The first-order valence-corrected chi connectivity index (χ1v) is 8.29. The fourth-order valence-corrected chi connectivity index (χ4v) is 3.78. The second-order valence-corrected chi connectivity index (χ2v) is 7.18. The molecule has 0 atom stereocenters. The van der Waals surface area contributed by atoms with Crippen LogP contribution in [0.1, 0.15) is 32.3 Å². The first kappa shape index (κ1) is 15.2. The number of nitrogens with zero attached hydrogens (tertiary/aromatic N) is 2. The van der Waals surface area contributed by atoms with Crippen LogP contribution >= 0.6 is 0 Å². The van der Waals surface area contributed by atoms with Gasteiger partial charge in [0.05, 0.1) is 6.20 Å². The summed E-state index contributed by atoms with van der Waals surface area (Å²) in [6, 6.07) is 0.389. The van der Waals surface area contributed by atoms with Crippen LogP contribution < -0.4 is 5.32 Å². The zero-order chi connectivity index (χ0) is 14.8. The Bertz CT molecular complexity index is 561. The molecule has 1 aromatic rings. The molecule has 0 bridgehead atoms. The molecule has 6 nitrogen and oxygen atoms in total. The normalized spacial score (nSPS) is 16.0. The van der Waals surface area contributed by atoms with Gasteiger partial charge in [-0.25, -0.2) is 8.42 Å². The predicted molar refractivity (Wildman–Crippen MR) is 77.7 cm³/mol. The summed E-state index contributed by atoms with van der Waals surface area (Å²) in [5.74, 6) is 0. The van der Waals surface area contributed by atoms with Crippen LogP contribution in [0, 0.1) is 0 Å². The van der Waals surface area contributed by atoms with Crippen LogP contribution in [0.3, 0.4) is 0 Å². The molecule has 20 heavy (non-hydrogen) atoms. The monoisotopic (exact) mass is 298 g/mol. The highest BCUT2D eigenvalue weighted by Crippen LogP contribution is 2.32. The summed E-state index contributed by atoms with van der Waals surface area (Å²) in [5, 5.41) is 9.94. The SMILES string of the molecule is C=CCN(C1CC1)S(=O)(=O)c1[nH]ncc1CNC(C)C. The maximum absolute atomic E-state index is 12.7. The van der Waals surface area contributed by atoms with Gasteiger partial charge in [0.2, 0.25) is 0 Å². The molecular weight excluding hydrogens is 276 g/mol. The van der Waals surface area contributed by atoms with E-state index in [9.17, 15) is 8.42 Å². The van der Waals surface area contributed by atoms with Gasteiger partial charge < -0.3 is 5.32 Å². The molecule has 0 unspecified atom stereocenters. The minimum absolute atomic E-state index is 0.104. The molecule has 0 aliphatic heterocycles. The summed E-state index contributed by atoms with van der Waals surface area (Å²) < 4.78 is 26.9. The van der Waals surface area contributed by atoms with E-state index in [1.807, 2.05) is 13.8 Å². The minimum atomic E-state index is -3.53. The Morgan fingerprint density at radius 2 is 2.30 bits per heavy atom. The van der Waals surface area contributed by atoms with Crippen LogP contribution in [-0.2, 0) is 16.6 Å². The Morgan fingerprint density at radius 3 is 2.85 bits per heavy atom. The van der Waals surface area contributed by atoms with Crippen molar-refractivity contribution >= 4 is 10.0 Å². The highest BCUT2D eigenvalue weighted by Gasteiger charge is 2.38. The second kappa shape index (κ2) is 6.07. The molecule has 1 fully saturated rings. The second-order valence-electron chi connectivity index (χ2n) is 5.35. The molecule has 1 heterocycles. The Morgan fingerprint density at radius 1 is 1.60 bits per heavy atom. The van der Waals surface area contributed by atoms with Crippen molar-refractivity contribution in [2.45, 2.75) is 50.3 Å². The Hall–Kier alpha value is -1.18. The molecule has 1 saturated carbocycles. The fourth-order valence-electron chi connectivity index (χ4n) is 2.01. The van der Waals surface area contributed by atoms with Gasteiger partial charge in [0.15, 0.2) is 5.03 Å². The number of H-pyrrole nitrogens is 1. The van der Waals surface area contributed by atoms with Gasteiger partial charge in [-0.3, -0.25) is 5.10 Å². The number of rotatable bonds is 8. The predicted octanol–water partition coefficient (Wildman–Crippen LogP) is 1.25. The molecule has 0 amide bonds. The van der Waals surface area contributed by atoms with E-state index in [4.69, 9.17) is 0 Å². The Labute approximate surface area is 120 Å². The van der Waals surface area contributed by atoms with Crippen LogP contribution in [-0.4, -0.2) is 41.5 Å². The maximum Gasteiger partial charge on any atom is 0.260 e. The minimum Gasteiger partial charge on any atom is -0.310 e. The van der Waals surface area contributed by atoms with Crippen molar-refractivity contribution in [1.82, 2.24) is 19.8 Å². The first-order chi connectivity index (χ1) is 9.46. The largest absolute Gasteiger partial charge is 0.310 e. The van der Waals surface area contributed by atoms with Gasteiger partial charge in [-0.2, -0.15) is 9.40 Å². The van der Waals surface area contributed by atoms with Crippen LogP contribution in [0.15, 0.2) is 23.9 Å². The molecule has 1 aliphatic rings. The van der Waals surface area contributed by atoms with Crippen molar-refractivity contribution in [3.8, 4) is 0 Å². The Balaban J connectivity index is 2.24. The van der Waals surface area contributed by atoms with E-state index < -0.39 is 10.0 Å². The van der Waals surface area contributed by atoms with Gasteiger partial charge in [-0.15, -0.1) is 6.58 Å². The highest BCUT2D eigenvalue weighted by molar-refractivity contribution is 7.89. The van der Waals surface area contributed by atoms with E-state index in [0.29, 0.717) is 18.7 Å². The van der Waals surface area contributed by atoms with Crippen molar-refractivity contribution in [3.05, 3.63) is 24.4 Å². The van der Waals surface area contributed by atoms with Crippen molar-refractivity contribution in [3.63, 3.8) is 0 Å². The molecule has 2 N–H and O–H groups in total. The zero-order valence-electron chi connectivity index (χ0n) is 12.0. The first-order valence-electron chi connectivity index (χ1n) is 6.85. The summed E-state index contributed by atoms with van der Waals surface area (Å²) in [4.78, 5) is 0. The molecule has 0 spiro atoms. The van der Waals surface area contributed by atoms with Gasteiger partial charge in [-0.1, -0.05) is 19.9 Å². The summed E-state index contributed by atoms with van der Waals surface area (Å²) in [7, 11) is -3.53. The quantitative estimate of drug-likeness (QED) is 0.708. The number of aromatic nitrogens is 2. The van der Waals surface area contributed by atoms with E-state index in [1.165, 1.54) is 4.31 Å². The van der Waals surface area contributed by atoms with Gasteiger partial charge in [0, 0.05) is 30.7 Å². The zero-order valence-corrected chi connectivity index (χ0v) is 12.8. The lowest BCUT2D eigenvalue weighted by atomic mass is 10.3. The summed E-state index contributed by atoms with van der Waals surface area (Å²) in [6.45, 7) is 8.49. The number of sulfonamides is 1. The van der Waals surface area contributed by atoms with Crippen molar-refractivity contribution in [1.29, 1.82) is 0 Å². The van der Waals surface area contributed by atoms with Gasteiger partial charge in [0.1, 0.15) is 0 Å². The molecule has 0 aromatic carbocycles. The van der Waals surface area contributed by atoms with E-state index >= 15 is 0 Å². The third kappa shape index (κ3) is 3.28. The number of nitrogens with one attached hydrogen (secondary N) is 2. The van der Waals surface area contributed by atoms with E-state index in [0.717, 1.165) is 12.8 Å². The van der Waals surface area contributed by atoms with Crippen molar-refractivity contribution in [2.24, 2.45) is 0 Å². The van der Waals surface area contributed by atoms with Gasteiger partial charge >= 0.3 is 0 Å². The highest BCUT2D eigenvalue weighted by atomic mass is 32.2. The average molecular weight is 298 g/mol. The van der Waals surface area contributed by atoms with Gasteiger partial charge in [-0.05, 0) is 12.8 Å². The summed E-state index contributed by atoms with van der Waals surface area (Å²) in [5.41, 5.74) is 0.674. The summed E-state index contributed by atoms with van der Waals surface area (Å²) >= 11 is 0. The average Bonchev–Trinajstić information content (AvgIpc) is 3.09. The summed E-state index contributed by atoms with van der Waals surface area (Å²) in [6.07, 6.45) is 5.03. The Kier molecular flexibility index (Phi) is 4.62. The molecule has 0 saturated heterocycles. The fraction of sp³-hybridized carbons (Fsp3) is 0.615. The number of hydrogen-bond acceptors (Lipinski definition) is 4. The standard InChI is InChI=1S/C13H22N4O2S/c1-4-7-17(12-5-6-12)20(18,19)13-11(9-15-16-13)8-14-10(2)3/h4,9-10,12,14H,1,5-8H2,2-3H3,(H,15,16). The van der Waals surface area contributed by atoms with Crippen LogP contribution in [0.2, 0.25) is 0 Å². The number of aromatic amines is 1. The lowest BCUT2D eigenvalue weighted by molar-refractivity contribution is 0.432. The molecule has 112 valence electrons. The molecular formula is C13H22N4O2S. The van der Waals surface area contributed by atoms with Crippen molar-refractivity contribution < 1.29 is 8.42 Å². The van der Waals surface area contributed by atoms with Crippen LogP contribution in [0.5, 0.6) is 0 Å². The molecule has 7 heteroatoms. The topological polar surface area (TPSA) is 78.1 Å². The number of hydrogen-bond donors (Lipinski definition) is 2. The van der Waals surface area contributed by atoms with Crippen molar-refractivity contribution in [2.75, 3.05) is 6.54 Å². The third-order valence-electron chi connectivity index (χ3n) is 3.21. The molecule has 1 aliphatic carbocycles. The molecule has 0 radical (unpaired) electrons. The van der Waals surface area contributed by atoms with E-state index in [1.54, 1.807) is 12.3 Å². The van der Waals surface area contributed by atoms with Crippen LogP contribution in [0.25, 0.3) is 0 Å². The van der Waals surface area contributed by atoms with Gasteiger partial charge in [0.25, 0.3) is 10.0 Å². The molecule has 2 rings (SSSR count). The van der Waals surface area contributed by atoms with E-state index in [-0.39, 0.29) is 17.1 Å². The smallest absolute Gasteiger partial charge is 0.260 e. The third-order valence-corrected chi connectivity index (χ3v) is 5.14. The van der Waals surface area contributed by atoms with E-state index in [2.05, 4.69) is 22.1 Å². The van der Waals surface area contributed by atoms with Crippen LogP contribution in [0.4, 0.5) is 0 Å². The maximum atomic E-state index is 12.7. The molecule has 1 aromatic heterocycles.